The summed E-state index contributed by atoms with van der Waals surface area (Å²) < 4.78 is 18.4. The topological polar surface area (TPSA) is 52.3 Å². The normalized spacial score (nSPS) is 12.3. The molecule has 1 aromatic carbocycles. The van der Waals surface area contributed by atoms with E-state index in [1.54, 1.807) is 24.3 Å². The second-order valence-electron chi connectivity index (χ2n) is 3.83. The van der Waals surface area contributed by atoms with Gasteiger partial charge in [0.1, 0.15) is 5.75 Å². The summed E-state index contributed by atoms with van der Waals surface area (Å²) in [4.78, 5) is 1.58. The number of anilines is 1. The highest BCUT2D eigenvalue weighted by Gasteiger charge is 2.12. The van der Waals surface area contributed by atoms with E-state index >= 15 is 0 Å². The number of ether oxygens (including phenoxy) is 1. The van der Waals surface area contributed by atoms with Gasteiger partial charge < -0.3 is 10.5 Å². The molecule has 0 spiro atoms. The van der Waals surface area contributed by atoms with Crippen molar-refractivity contribution in [2.75, 3.05) is 12.3 Å². The Kier molecular flexibility index (Phi) is 4.85. The van der Waals surface area contributed by atoms with Gasteiger partial charge in [-0.1, -0.05) is 11.6 Å². The van der Waals surface area contributed by atoms with Crippen LogP contribution in [-0.2, 0) is 16.6 Å². The standard InChI is InChI=1S/C13H14ClNO2S2/c1-2-17-9-3-5-11(15)12(7-9)19(16)8-10-4-6-13(14)18-10/h3-7H,2,8,15H2,1H3. The van der Waals surface area contributed by atoms with Crippen molar-refractivity contribution in [3.8, 4) is 5.75 Å². The summed E-state index contributed by atoms with van der Waals surface area (Å²) in [5, 5.41) is 0. The van der Waals surface area contributed by atoms with Gasteiger partial charge in [0.05, 0.1) is 32.4 Å². The first-order chi connectivity index (χ1) is 9.10. The van der Waals surface area contributed by atoms with Gasteiger partial charge in [-0.15, -0.1) is 11.3 Å². The van der Waals surface area contributed by atoms with E-state index in [0.29, 0.717) is 33.0 Å². The van der Waals surface area contributed by atoms with Gasteiger partial charge in [-0.05, 0) is 37.3 Å². The molecular formula is C13H14ClNO2S2. The van der Waals surface area contributed by atoms with Crippen molar-refractivity contribution < 1.29 is 8.95 Å². The fourth-order valence-electron chi connectivity index (χ4n) is 1.60. The van der Waals surface area contributed by atoms with E-state index in [9.17, 15) is 4.21 Å². The summed E-state index contributed by atoms with van der Waals surface area (Å²) >= 11 is 7.29. The summed E-state index contributed by atoms with van der Waals surface area (Å²) in [6.07, 6.45) is 0. The Bertz CT molecular complexity index is 598. The molecule has 1 aromatic heterocycles. The zero-order valence-electron chi connectivity index (χ0n) is 10.4. The van der Waals surface area contributed by atoms with E-state index in [2.05, 4.69) is 0 Å². The molecule has 1 atom stereocenters. The van der Waals surface area contributed by atoms with Crippen molar-refractivity contribution in [3.05, 3.63) is 39.5 Å². The Labute approximate surface area is 123 Å². The molecule has 0 saturated heterocycles. The molecular weight excluding hydrogens is 302 g/mol. The molecule has 3 nitrogen and oxygen atoms in total. The van der Waals surface area contributed by atoms with Gasteiger partial charge in [-0.2, -0.15) is 0 Å². The number of hydrogen-bond donors (Lipinski definition) is 1. The minimum Gasteiger partial charge on any atom is -0.494 e. The molecule has 2 rings (SSSR count). The summed E-state index contributed by atoms with van der Waals surface area (Å²) in [5.41, 5.74) is 6.39. The Morgan fingerprint density at radius 1 is 1.37 bits per heavy atom. The van der Waals surface area contributed by atoms with Gasteiger partial charge in [-0.3, -0.25) is 4.21 Å². The Morgan fingerprint density at radius 3 is 2.79 bits per heavy atom. The highest BCUT2D eigenvalue weighted by Crippen LogP contribution is 2.28. The molecule has 1 unspecified atom stereocenters. The number of halogens is 1. The maximum atomic E-state index is 12.3. The molecule has 19 heavy (non-hydrogen) atoms. The van der Waals surface area contributed by atoms with E-state index < -0.39 is 10.8 Å². The van der Waals surface area contributed by atoms with Crippen molar-refractivity contribution in [2.24, 2.45) is 0 Å². The maximum absolute atomic E-state index is 12.3. The predicted molar refractivity (Wildman–Crippen MR) is 81.5 cm³/mol. The van der Waals surface area contributed by atoms with Crippen LogP contribution < -0.4 is 10.5 Å². The predicted octanol–water partition coefficient (Wildman–Crippen LogP) is 3.69. The lowest BCUT2D eigenvalue weighted by molar-refractivity contribution is 0.339. The summed E-state index contributed by atoms with van der Waals surface area (Å²) in [6, 6.07) is 8.93. The van der Waals surface area contributed by atoms with Crippen molar-refractivity contribution in [1.82, 2.24) is 0 Å². The second-order valence-corrected chi connectivity index (χ2v) is 7.05. The first-order valence-corrected chi connectivity index (χ1v) is 8.26. The van der Waals surface area contributed by atoms with E-state index in [1.165, 1.54) is 11.3 Å². The number of benzene rings is 1. The molecule has 1 heterocycles. The Morgan fingerprint density at radius 2 is 2.16 bits per heavy atom. The third-order valence-corrected chi connectivity index (χ3v) is 5.27. The summed E-state index contributed by atoms with van der Waals surface area (Å²) in [7, 11) is -1.20. The van der Waals surface area contributed by atoms with Crippen molar-refractivity contribution in [1.29, 1.82) is 0 Å². The molecule has 0 aliphatic rings. The SMILES string of the molecule is CCOc1ccc(N)c(S(=O)Cc2ccc(Cl)s2)c1. The van der Waals surface area contributed by atoms with Crippen LogP contribution in [0.1, 0.15) is 11.8 Å². The van der Waals surface area contributed by atoms with Crippen LogP contribution in [0.3, 0.4) is 0 Å². The molecule has 102 valence electrons. The van der Waals surface area contributed by atoms with Crippen LogP contribution in [0.15, 0.2) is 35.2 Å². The lowest BCUT2D eigenvalue weighted by Gasteiger charge is -2.08. The smallest absolute Gasteiger partial charge is 0.120 e. The quantitative estimate of drug-likeness (QED) is 0.856. The van der Waals surface area contributed by atoms with Crippen LogP contribution in [-0.4, -0.2) is 10.8 Å². The number of hydrogen-bond acceptors (Lipinski definition) is 4. The average Bonchev–Trinajstić information content (AvgIpc) is 2.77. The molecule has 0 fully saturated rings. The molecule has 0 aliphatic carbocycles. The summed E-state index contributed by atoms with van der Waals surface area (Å²) in [6.45, 7) is 2.47. The number of thiophene rings is 1. The molecule has 0 amide bonds. The van der Waals surface area contributed by atoms with Gasteiger partial charge in [-0.25, -0.2) is 0 Å². The lowest BCUT2D eigenvalue weighted by atomic mass is 10.3. The van der Waals surface area contributed by atoms with E-state index in [4.69, 9.17) is 22.1 Å². The maximum Gasteiger partial charge on any atom is 0.120 e. The van der Waals surface area contributed by atoms with Gasteiger partial charge in [0.15, 0.2) is 0 Å². The largest absolute Gasteiger partial charge is 0.494 e. The van der Waals surface area contributed by atoms with Crippen LogP contribution in [0.4, 0.5) is 5.69 Å². The second kappa shape index (κ2) is 6.41. The van der Waals surface area contributed by atoms with Gasteiger partial charge >= 0.3 is 0 Å². The average molecular weight is 316 g/mol. The highest BCUT2D eigenvalue weighted by atomic mass is 35.5. The van der Waals surface area contributed by atoms with Gasteiger partial charge in [0, 0.05) is 10.6 Å². The van der Waals surface area contributed by atoms with Crippen molar-refractivity contribution in [3.63, 3.8) is 0 Å². The molecule has 2 N–H and O–H groups in total. The zero-order chi connectivity index (χ0) is 13.8. The Balaban J connectivity index is 2.20. The van der Waals surface area contributed by atoms with E-state index in [1.807, 2.05) is 13.0 Å². The molecule has 0 radical (unpaired) electrons. The monoisotopic (exact) mass is 315 g/mol. The first-order valence-electron chi connectivity index (χ1n) is 5.75. The highest BCUT2D eigenvalue weighted by molar-refractivity contribution is 7.84. The van der Waals surface area contributed by atoms with Crippen LogP contribution in [0.25, 0.3) is 0 Å². The van der Waals surface area contributed by atoms with Crippen LogP contribution in [0, 0.1) is 0 Å². The number of nitrogens with two attached hydrogens (primary N) is 1. The summed E-state index contributed by atoms with van der Waals surface area (Å²) in [5.74, 6) is 1.10. The van der Waals surface area contributed by atoms with Crippen molar-refractivity contribution in [2.45, 2.75) is 17.6 Å². The third-order valence-electron chi connectivity index (χ3n) is 2.44. The van der Waals surface area contributed by atoms with Gasteiger partial charge in [0.2, 0.25) is 0 Å². The lowest BCUT2D eigenvalue weighted by Crippen LogP contribution is -2.01. The fraction of sp³-hybridized carbons (Fsp3) is 0.231. The first kappa shape index (κ1) is 14.4. The minimum absolute atomic E-state index is 0.414. The van der Waals surface area contributed by atoms with Crippen LogP contribution in [0.2, 0.25) is 4.34 Å². The zero-order valence-corrected chi connectivity index (χ0v) is 12.8. The molecule has 2 aromatic rings. The van der Waals surface area contributed by atoms with Crippen LogP contribution >= 0.6 is 22.9 Å². The van der Waals surface area contributed by atoms with Crippen molar-refractivity contribution >= 4 is 39.4 Å². The molecule has 0 saturated carbocycles. The minimum atomic E-state index is -1.20. The van der Waals surface area contributed by atoms with Gasteiger partial charge in [0.25, 0.3) is 0 Å². The van der Waals surface area contributed by atoms with Crippen LogP contribution in [0.5, 0.6) is 5.75 Å². The molecule has 0 aliphatic heterocycles. The van der Waals surface area contributed by atoms with E-state index in [0.717, 1.165) is 4.88 Å². The third kappa shape index (κ3) is 3.72. The number of rotatable bonds is 5. The van der Waals surface area contributed by atoms with E-state index in [-0.39, 0.29) is 0 Å². The fourth-order valence-corrected chi connectivity index (χ4v) is 4.13. The Hall–Kier alpha value is -1.04. The molecule has 0 bridgehead atoms. The number of nitrogen functional groups attached to an aromatic ring is 1. The molecule has 6 heteroatoms.